The number of carbonyl (C=O) groups is 1. The molecule has 3 rings (SSSR count). The number of rotatable bonds is 4. The average Bonchev–Trinajstić information content (AvgIpc) is 2.95. The Balaban J connectivity index is 2.13. The van der Waals surface area contributed by atoms with E-state index in [4.69, 9.17) is 10.3 Å². The molecule has 0 aliphatic rings. The molecule has 0 unspecified atom stereocenters. The van der Waals surface area contributed by atoms with Crippen molar-refractivity contribution >= 4 is 28.3 Å². The molecule has 2 aromatic heterocycles. The number of aromatic nitrogens is 2. The zero-order valence-corrected chi connectivity index (χ0v) is 13.5. The Hall–Kier alpha value is -3.09. The molecule has 0 spiro atoms. The molecular weight excluding hydrogens is 308 g/mol. The van der Waals surface area contributed by atoms with E-state index in [1.165, 1.54) is 0 Å². The summed E-state index contributed by atoms with van der Waals surface area (Å²) in [5, 5.41) is 6.64. The molecule has 0 radical (unpaired) electrons. The number of fused-ring (bicyclic) bond motifs is 1. The van der Waals surface area contributed by atoms with E-state index >= 15 is 0 Å². The number of hydrogen-bond acceptors (Lipinski definition) is 5. The average molecular weight is 326 g/mol. The molecule has 24 heavy (non-hydrogen) atoms. The van der Waals surface area contributed by atoms with Crippen molar-refractivity contribution < 1.29 is 9.32 Å². The summed E-state index contributed by atoms with van der Waals surface area (Å²) in [4.78, 5) is 25.3. The lowest BCUT2D eigenvalue weighted by Crippen LogP contribution is -2.24. The number of aryl methyl sites for hydroxylation is 2. The Morgan fingerprint density at radius 2 is 2.21 bits per heavy atom. The van der Waals surface area contributed by atoms with Crippen LogP contribution in [0.15, 0.2) is 39.8 Å². The largest absolute Gasteiger partial charge is 0.398 e. The van der Waals surface area contributed by atoms with Crippen molar-refractivity contribution in [2.24, 2.45) is 0 Å². The first-order chi connectivity index (χ1) is 11.5. The second kappa shape index (κ2) is 6.19. The fourth-order valence-electron chi connectivity index (χ4n) is 2.66. The highest BCUT2D eigenvalue weighted by atomic mass is 16.5. The minimum absolute atomic E-state index is 0.0227. The number of pyridine rings is 1. The number of nitrogens with two attached hydrogens (primary N) is 1. The Kier molecular flexibility index (Phi) is 4.07. The van der Waals surface area contributed by atoms with Gasteiger partial charge in [-0.15, -0.1) is 0 Å². The van der Waals surface area contributed by atoms with Gasteiger partial charge in [-0.25, -0.2) is 0 Å². The second-order valence-electron chi connectivity index (χ2n) is 5.58. The summed E-state index contributed by atoms with van der Waals surface area (Å²) < 4.78 is 6.79. The van der Waals surface area contributed by atoms with Crippen LogP contribution in [0.3, 0.4) is 0 Å². The topological polar surface area (TPSA) is 103 Å². The summed E-state index contributed by atoms with van der Waals surface area (Å²) in [5.74, 6) is 0.292. The molecule has 0 saturated carbocycles. The van der Waals surface area contributed by atoms with Crippen molar-refractivity contribution in [1.82, 2.24) is 9.72 Å². The van der Waals surface area contributed by atoms with Crippen LogP contribution in [-0.2, 0) is 6.54 Å². The van der Waals surface area contributed by atoms with E-state index in [2.05, 4.69) is 10.5 Å². The lowest BCUT2D eigenvalue weighted by atomic mass is 10.1. The standard InChI is InChI=1S/C17H18N4O3/c1-3-7-21-9-11(17(23)19-14-8-10(2)24-20-14)16(22)15-12(18)5-4-6-13(15)21/h4-6,8-9H,3,7,18H2,1-2H3,(H,19,20,23). The first kappa shape index (κ1) is 15.8. The molecule has 0 saturated heterocycles. The van der Waals surface area contributed by atoms with E-state index in [-0.39, 0.29) is 11.4 Å². The predicted molar refractivity (Wildman–Crippen MR) is 92.1 cm³/mol. The number of anilines is 2. The smallest absolute Gasteiger partial charge is 0.262 e. The highest BCUT2D eigenvalue weighted by Gasteiger charge is 2.18. The normalized spacial score (nSPS) is 10.9. The molecule has 0 fully saturated rings. The fourth-order valence-corrected chi connectivity index (χ4v) is 2.66. The molecule has 1 amide bonds. The van der Waals surface area contributed by atoms with Gasteiger partial charge in [-0.3, -0.25) is 9.59 Å². The molecule has 2 heterocycles. The van der Waals surface area contributed by atoms with Gasteiger partial charge >= 0.3 is 0 Å². The van der Waals surface area contributed by atoms with Crippen LogP contribution in [0.2, 0.25) is 0 Å². The summed E-state index contributed by atoms with van der Waals surface area (Å²) in [7, 11) is 0. The van der Waals surface area contributed by atoms with Gasteiger partial charge in [0.05, 0.1) is 10.9 Å². The third kappa shape index (κ3) is 2.76. The van der Waals surface area contributed by atoms with Crippen molar-refractivity contribution in [3.8, 4) is 0 Å². The Morgan fingerprint density at radius 1 is 1.42 bits per heavy atom. The molecule has 1 aromatic carbocycles. The number of benzene rings is 1. The summed E-state index contributed by atoms with van der Waals surface area (Å²) >= 11 is 0. The lowest BCUT2D eigenvalue weighted by molar-refractivity contribution is 0.102. The molecule has 3 aromatic rings. The van der Waals surface area contributed by atoms with Gasteiger partial charge in [0.25, 0.3) is 5.91 Å². The molecule has 0 aliphatic carbocycles. The van der Waals surface area contributed by atoms with Gasteiger partial charge < -0.3 is 20.1 Å². The van der Waals surface area contributed by atoms with Crippen LogP contribution in [0, 0.1) is 6.92 Å². The van der Waals surface area contributed by atoms with Crippen LogP contribution in [0.5, 0.6) is 0 Å². The van der Waals surface area contributed by atoms with Gasteiger partial charge in [-0.1, -0.05) is 18.1 Å². The third-order valence-electron chi connectivity index (χ3n) is 3.72. The van der Waals surface area contributed by atoms with Gasteiger partial charge in [0.1, 0.15) is 11.3 Å². The maximum atomic E-state index is 12.7. The van der Waals surface area contributed by atoms with Gasteiger partial charge in [-0.05, 0) is 25.5 Å². The number of amides is 1. The minimum Gasteiger partial charge on any atom is -0.398 e. The molecule has 0 atom stereocenters. The number of nitrogens with one attached hydrogen (secondary N) is 1. The number of nitrogens with zero attached hydrogens (tertiary/aromatic N) is 2. The maximum Gasteiger partial charge on any atom is 0.262 e. The Bertz CT molecular complexity index is 972. The van der Waals surface area contributed by atoms with Crippen molar-refractivity contribution in [1.29, 1.82) is 0 Å². The van der Waals surface area contributed by atoms with E-state index in [0.717, 1.165) is 11.9 Å². The van der Waals surface area contributed by atoms with Gasteiger partial charge in [0.15, 0.2) is 5.82 Å². The van der Waals surface area contributed by atoms with Crippen LogP contribution < -0.4 is 16.5 Å². The Morgan fingerprint density at radius 3 is 2.88 bits per heavy atom. The van der Waals surface area contributed by atoms with E-state index < -0.39 is 11.3 Å². The van der Waals surface area contributed by atoms with Crippen molar-refractivity contribution in [2.45, 2.75) is 26.8 Å². The van der Waals surface area contributed by atoms with Crippen LogP contribution in [-0.4, -0.2) is 15.6 Å². The zero-order chi connectivity index (χ0) is 17.3. The highest BCUT2D eigenvalue weighted by molar-refractivity contribution is 6.06. The molecule has 124 valence electrons. The van der Waals surface area contributed by atoms with E-state index in [1.54, 1.807) is 31.3 Å². The quantitative estimate of drug-likeness (QED) is 0.717. The van der Waals surface area contributed by atoms with Crippen LogP contribution >= 0.6 is 0 Å². The zero-order valence-electron chi connectivity index (χ0n) is 13.5. The fraction of sp³-hybridized carbons (Fsp3) is 0.235. The second-order valence-corrected chi connectivity index (χ2v) is 5.58. The minimum atomic E-state index is -0.539. The van der Waals surface area contributed by atoms with Crippen molar-refractivity contribution in [3.63, 3.8) is 0 Å². The molecule has 3 N–H and O–H groups in total. The van der Waals surface area contributed by atoms with E-state index in [1.807, 2.05) is 17.6 Å². The monoisotopic (exact) mass is 326 g/mol. The van der Waals surface area contributed by atoms with Gasteiger partial charge in [0.2, 0.25) is 5.43 Å². The first-order valence-corrected chi connectivity index (χ1v) is 7.67. The van der Waals surface area contributed by atoms with Crippen LogP contribution in [0.4, 0.5) is 11.5 Å². The molecule has 7 nitrogen and oxygen atoms in total. The maximum absolute atomic E-state index is 12.7. The first-order valence-electron chi connectivity index (χ1n) is 7.67. The summed E-state index contributed by atoms with van der Waals surface area (Å²) in [6, 6.07) is 6.85. The van der Waals surface area contributed by atoms with Gasteiger partial charge in [-0.2, -0.15) is 0 Å². The highest BCUT2D eigenvalue weighted by Crippen LogP contribution is 2.19. The van der Waals surface area contributed by atoms with E-state index in [0.29, 0.717) is 23.4 Å². The lowest BCUT2D eigenvalue weighted by Gasteiger charge is -2.13. The van der Waals surface area contributed by atoms with Crippen molar-refractivity contribution in [3.05, 3.63) is 52.0 Å². The van der Waals surface area contributed by atoms with Gasteiger partial charge in [0, 0.05) is 24.5 Å². The third-order valence-corrected chi connectivity index (χ3v) is 3.72. The number of hydrogen-bond donors (Lipinski definition) is 2. The molecule has 0 aliphatic heterocycles. The van der Waals surface area contributed by atoms with Crippen LogP contribution in [0.25, 0.3) is 10.9 Å². The number of nitrogen functional groups attached to an aromatic ring is 1. The summed E-state index contributed by atoms with van der Waals surface area (Å²) in [6.45, 7) is 4.41. The molecule has 7 heteroatoms. The Labute approximate surface area is 138 Å². The van der Waals surface area contributed by atoms with E-state index in [9.17, 15) is 9.59 Å². The molecular formula is C17H18N4O3. The number of carbonyl (C=O) groups excluding carboxylic acids is 1. The molecule has 0 bridgehead atoms. The SMILES string of the molecule is CCCn1cc(C(=O)Nc2cc(C)on2)c(=O)c2c(N)cccc21. The predicted octanol–water partition coefficient (Wildman–Crippen LogP) is 2.54. The van der Waals surface area contributed by atoms with Crippen LogP contribution in [0.1, 0.15) is 29.5 Å². The van der Waals surface area contributed by atoms with Crippen molar-refractivity contribution in [2.75, 3.05) is 11.1 Å². The summed E-state index contributed by atoms with van der Waals surface area (Å²) in [5.41, 5.74) is 6.68. The summed E-state index contributed by atoms with van der Waals surface area (Å²) in [6.07, 6.45) is 2.42.